The minimum atomic E-state index is 0.0705. The molecule has 1 unspecified atom stereocenters. The van der Waals surface area contributed by atoms with Crippen molar-refractivity contribution in [2.45, 2.75) is 40.4 Å². The van der Waals surface area contributed by atoms with Crippen LogP contribution in [0.3, 0.4) is 0 Å². The lowest BCUT2D eigenvalue weighted by Crippen LogP contribution is -2.31. The minimum Gasteiger partial charge on any atom is -0.352 e. The van der Waals surface area contributed by atoms with Crippen molar-refractivity contribution < 1.29 is 4.79 Å². The zero-order valence-corrected chi connectivity index (χ0v) is 11.4. The van der Waals surface area contributed by atoms with Gasteiger partial charge in [0.05, 0.1) is 0 Å². The van der Waals surface area contributed by atoms with Gasteiger partial charge in [0.2, 0.25) is 5.91 Å². The first-order chi connectivity index (χ1) is 8.58. The Morgan fingerprint density at radius 1 is 1.28 bits per heavy atom. The Morgan fingerprint density at radius 2 is 2.00 bits per heavy atom. The fraction of sp³-hybridized carbons (Fsp3) is 0.533. The fourth-order valence-electron chi connectivity index (χ4n) is 2.11. The van der Waals surface area contributed by atoms with Crippen molar-refractivity contribution in [1.29, 1.82) is 0 Å². The number of fused-ring (bicyclic) bond motifs is 1. The van der Waals surface area contributed by atoms with E-state index in [0.29, 0.717) is 12.5 Å². The van der Waals surface area contributed by atoms with Crippen molar-refractivity contribution in [3.63, 3.8) is 0 Å². The van der Waals surface area contributed by atoms with Crippen LogP contribution in [0.5, 0.6) is 0 Å². The van der Waals surface area contributed by atoms with Crippen molar-refractivity contribution >= 4 is 5.91 Å². The minimum absolute atomic E-state index is 0.0705. The van der Waals surface area contributed by atoms with Crippen LogP contribution < -0.4 is 10.6 Å². The fourth-order valence-corrected chi connectivity index (χ4v) is 2.11. The molecule has 0 radical (unpaired) electrons. The lowest BCUT2D eigenvalue weighted by molar-refractivity contribution is -0.125. The highest BCUT2D eigenvalue weighted by Gasteiger charge is 2.16. The molecule has 3 nitrogen and oxygen atoms in total. The van der Waals surface area contributed by atoms with Crippen LogP contribution in [0.1, 0.15) is 37.5 Å². The van der Waals surface area contributed by atoms with Crippen molar-refractivity contribution in [3.05, 3.63) is 34.9 Å². The molecule has 0 aliphatic carbocycles. The molecule has 1 atom stereocenters. The molecule has 1 heterocycles. The van der Waals surface area contributed by atoms with Crippen LogP contribution in [0.25, 0.3) is 0 Å². The van der Waals surface area contributed by atoms with Crippen LogP contribution in [-0.2, 0) is 24.4 Å². The van der Waals surface area contributed by atoms with Crippen LogP contribution in [0, 0.1) is 11.8 Å². The van der Waals surface area contributed by atoms with Crippen LogP contribution in [-0.4, -0.2) is 5.91 Å². The Morgan fingerprint density at radius 3 is 2.72 bits per heavy atom. The van der Waals surface area contributed by atoms with Crippen molar-refractivity contribution in [3.8, 4) is 0 Å². The number of hydrogen-bond donors (Lipinski definition) is 2. The zero-order valence-electron chi connectivity index (χ0n) is 11.4. The second kappa shape index (κ2) is 5.53. The van der Waals surface area contributed by atoms with E-state index in [1.807, 2.05) is 6.92 Å². The van der Waals surface area contributed by atoms with Gasteiger partial charge in [0.1, 0.15) is 0 Å². The SMILES string of the molecule is CC(C)C(C)C(=O)NCc1ccc2c(c1)CNC2. The van der Waals surface area contributed by atoms with Gasteiger partial charge in [0, 0.05) is 25.6 Å². The summed E-state index contributed by atoms with van der Waals surface area (Å²) in [5.74, 6) is 0.596. The second-order valence-corrected chi connectivity index (χ2v) is 5.46. The van der Waals surface area contributed by atoms with Gasteiger partial charge >= 0.3 is 0 Å². The van der Waals surface area contributed by atoms with Gasteiger partial charge in [-0.15, -0.1) is 0 Å². The van der Waals surface area contributed by atoms with E-state index in [1.165, 1.54) is 16.7 Å². The first kappa shape index (κ1) is 13.1. The summed E-state index contributed by atoms with van der Waals surface area (Å²) in [6, 6.07) is 6.45. The van der Waals surface area contributed by atoms with E-state index in [2.05, 4.69) is 42.7 Å². The Labute approximate surface area is 109 Å². The number of carbonyl (C=O) groups excluding carboxylic acids is 1. The van der Waals surface area contributed by atoms with Gasteiger partial charge < -0.3 is 10.6 Å². The van der Waals surface area contributed by atoms with Crippen molar-refractivity contribution in [2.24, 2.45) is 11.8 Å². The molecule has 2 N–H and O–H groups in total. The second-order valence-electron chi connectivity index (χ2n) is 5.46. The highest BCUT2D eigenvalue weighted by atomic mass is 16.1. The molecule has 2 rings (SSSR count). The molecule has 1 aromatic carbocycles. The number of benzene rings is 1. The van der Waals surface area contributed by atoms with Crippen molar-refractivity contribution in [1.82, 2.24) is 10.6 Å². The maximum absolute atomic E-state index is 11.9. The average molecular weight is 246 g/mol. The molecule has 1 amide bonds. The summed E-state index contributed by atoms with van der Waals surface area (Å²) < 4.78 is 0. The first-order valence-electron chi connectivity index (χ1n) is 6.67. The number of amides is 1. The molecule has 98 valence electrons. The molecule has 1 aliphatic rings. The van der Waals surface area contributed by atoms with E-state index >= 15 is 0 Å². The molecule has 0 bridgehead atoms. The number of carbonyl (C=O) groups is 1. The summed E-state index contributed by atoms with van der Waals surface area (Å²) in [4.78, 5) is 11.9. The van der Waals surface area contributed by atoms with E-state index in [0.717, 1.165) is 13.1 Å². The van der Waals surface area contributed by atoms with Crippen molar-refractivity contribution in [2.75, 3.05) is 0 Å². The van der Waals surface area contributed by atoms with Gasteiger partial charge in [0.15, 0.2) is 0 Å². The standard InChI is InChI=1S/C15H22N2O/c1-10(2)11(3)15(18)17-7-12-4-5-13-8-16-9-14(13)6-12/h4-6,10-11,16H,7-9H2,1-3H3,(H,17,18). The van der Waals surface area contributed by atoms with Gasteiger partial charge in [-0.05, 0) is 22.6 Å². The average Bonchev–Trinajstić information content (AvgIpc) is 2.82. The van der Waals surface area contributed by atoms with Crippen LogP contribution in [0.2, 0.25) is 0 Å². The normalized spacial score (nSPS) is 15.6. The Kier molecular flexibility index (Phi) is 4.02. The van der Waals surface area contributed by atoms with Crippen LogP contribution >= 0.6 is 0 Å². The van der Waals surface area contributed by atoms with Gasteiger partial charge in [-0.3, -0.25) is 4.79 Å². The zero-order chi connectivity index (χ0) is 13.1. The summed E-state index contributed by atoms with van der Waals surface area (Å²) in [6.07, 6.45) is 0. The van der Waals surface area contributed by atoms with E-state index < -0.39 is 0 Å². The third-order valence-corrected chi connectivity index (χ3v) is 3.78. The molecule has 0 saturated carbocycles. The predicted octanol–water partition coefficient (Wildman–Crippen LogP) is 2.20. The van der Waals surface area contributed by atoms with Gasteiger partial charge in [0.25, 0.3) is 0 Å². The predicted molar refractivity (Wildman–Crippen MR) is 72.8 cm³/mol. The first-order valence-corrected chi connectivity index (χ1v) is 6.67. The number of rotatable bonds is 4. The van der Waals surface area contributed by atoms with E-state index in [-0.39, 0.29) is 11.8 Å². The van der Waals surface area contributed by atoms with Crippen LogP contribution in [0.15, 0.2) is 18.2 Å². The number of hydrogen-bond acceptors (Lipinski definition) is 2. The lowest BCUT2D eigenvalue weighted by atomic mass is 9.97. The Hall–Kier alpha value is -1.35. The summed E-state index contributed by atoms with van der Waals surface area (Å²) in [7, 11) is 0. The molecule has 0 spiro atoms. The summed E-state index contributed by atoms with van der Waals surface area (Å²) in [5.41, 5.74) is 3.92. The molecule has 0 aromatic heterocycles. The van der Waals surface area contributed by atoms with Gasteiger partial charge in [-0.2, -0.15) is 0 Å². The molecule has 1 aromatic rings. The van der Waals surface area contributed by atoms with Gasteiger partial charge in [-0.25, -0.2) is 0 Å². The molecule has 18 heavy (non-hydrogen) atoms. The molecule has 3 heteroatoms. The summed E-state index contributed by atoms with van der Waals surface area (Å²) >= 11 is 0. The van der Waals surface area contributed by atoms with E-state index in [4.69, 9.17) is 0 Å². The maximum atomic E-state index is 11.9. The molecule has 0 fully saturated rings. The summed E-state index contributed by atoms with van der Waals surface area (Å²) in [5, 5.41) is 6.34. The number of nitrogens with one attached hydrogen (secondary N) is 2. The quantitative estimate of drug-likeness (QED) is 0.855. The van der Waals surface area contributed by atoms with E-state index in [1.54, 1.807) is 0 Å². The molecule has 0 saturated heterocycles. The third-order valence-electron chi connectivity index (χ3n) is 3.78. The monoisotopic (exact) mass is 246 g/mol. The Bertz CT molecular complexity index is 440. The highest BCUT2D eigenvalue weighted by molar-refractivity contribution is 5.78. The summed E-state index contributed by atoms with van der Waals surface area (Å²) in [6.45, 7) is 8.66. The topological polar surface area (TPSA) is 41.1 Å². The van der Waals surface area contributed by atoms with E-state index in [9.17, 15) is 4.79 Å². The smallest absolute Gasteiger partial charge is 0.223 e. The highest BCUT2D eigenvalue weighted by Crippen LogP contribution is 2.17. The third kappa shape index (κ3) is 2.91. The van der Waals surface area contributed by atoms with Gasteiger partial charge in [-0.1, -0.05) is 39.0 Å². The lowest BCUT2D eigenvalue weighted by Gasteiger charge is -2.15. The maximum Gasteiger partial charge on any atom is 0.223 e. The molecular formula is C15H22N2O. The van der Waals surface area contributed by atoms with Crippen LogP contribution in [0.4, 0.5) is 0 Å². The molecule has 1 aliphatic heterocycles. The largest absolute Gasteiger partial charge is 0.352 e. The molecular weight excluding hydrogens is 224 g/mol. The Balaban J connectivity index is 1.93.